The van der Waals surface area contributed by atoms with Crippen molar-refractivity contribution in [1.82, 2.24) is 20.0 Å². The average molecular weight is 276 g/mol. The quantitative estimate of drug-likeness (QED) is 0.563. The molecule has 0 bridgehead atoms. The maximum atomic E-state index is 5.44. The van der Waals surface area contributed by atoms with Gasteiger partial charge in [0.2, 0.25) is 0 Å². The Morgan fingerprint density at radius 2 is 1.86 bits per heavy atom. The van der Waals surface area contributed by atoms with E-state index in [-0.39, 0.29) is 0 Å². The summed E-state index contributed by atoms with van der Waals surface area (Å²) in [5.41, 5.74) is 3.34. The number of aryl methyl sites for hydroxylation is 1. The number of fused-ring (bicyclic) bond motifs is 1. The number of nitrogens with zero attached hydrogens (tertiary/aromatic N) is 4. The Kier molecular flexibility index (Phi) is 2.57. The summed E-state index contributed by atoms with van der Waals surface area (Å²) in [4.78, 5) is 0. The summed E-state index contributed by atoms with van der Waals surface area (Å²) < 4.78 is 7.28. The van der Waals surface area contributed by atoms with Crippen LogP contribution in [0.5, 0.6) is 0 Å². The topological polar surface area (TPSA) is 56.7 Å². The van der Waals surface area contributed by atoms with Gasteiger partial charge in [0.05, 0.1) is 23.0 Å². The van der Waals surface area contributed by atoms with E-state index in [1.165, 1.54) is 0 Å². The lowest BCUT2D eigenvalue weighted by atomic mass is 10.2. The predicted molar refractivity (Wildman–Crippen MR) is 79.1 cm³/mol. The second-order valence-corrected chi connectivity index (χ2v) is 4.78. The minimum Gasteiger partial charge on any atom is -0.463 e. The zero-order valence-electron chi connectivity index (χ0n) is 11.4. The Morgan fingerprint density at radius 1 is 1.00 bits per heavy atom. The Balaban J connectivity index is 1.98. The standard InChI is InChI=1S/C16H12N4O/c1-11-15-13(16(18-17-11)14-8-5-9-21-14)10-20(19-15)12-6-3-2-4-7-12/h2-10H,1H3. The van der Waals surface area contributed by atoms with Crippen molar-refractivity contribution >= 4 is 10.9 Å². The molecule has 21 heavy (non-hydrogen) atoms. The van der Waals surface area contributed by atoms with Crippen LogP contribution >= 0.6 is 0 Å². The summed E-state index contributed by atoms with van der Waals surface area (Å²) >= 11 is 0. The molecular weight excluding hydrogens is 264 g/mol. The van der Waals surface area contributed by atoms with E-state index >= 15 is 0 Å². The van der Waals surface area contributed by atoms with Crippen molar-refractivity contribution in [1.29, 1.82) is 0 Å². The van der Waals surface area contributed by atoms with Crippen LogP contribution in [0.2, 0.25) is 0 Å². The summed E-state index contributed by atoms with van der Waals surface area (Å²) in [5, 5.41) is 14.0. The van der Waals surface area contributed by atoms with Crippen molar-refractivity contribution < 1.29 is 4.42 Å². The smallest absolute Gasteiger partial charge is 0.154 e. The van der Waals surface area contributed by atoms with Gasteiger partial charge in [-0.1, -0.05) is 18.2 Å². The molecular formula is C16H12N4O. The van der Waals surface area contributed by atoms with E-state index < -0.39 is 0 Å². The van der Waals surface area contributed by atoms with E-state index in [1.54, 1.807) is 6.26 Å². The van der Waals surface area contributed by atoms with Crippen molar-refractivity contribution in [3.05, 3.63) is 60.6 Å². The van der Waals surface area contributed by atoms with Gasteiger partial charge in [0.15, 0.2) is 5.76 Å². The Bertz CT molecular complexity index is 895. The van der Waals surface area contributed by atoms with E-state index in [4.69, 9.17) is 4.42 Å². The number of furan rings is 1. The zero-order valence-corrected chi connectivity index (χ0v) is 11.4. The first-order valence-corrected chi connectivity index (χ1v) is 6.65. The van der Waals surface area contributed by atoms with Gasteiger partial charge in [-0.25, -0.2) is 4.68 Å². The van der Waals surface area contributed by atoms with E-state index in [1.807, 2.05) is 60.3 Å². The molecule has 5 heteroatoms. The van der Waals surface area contributed by atoms with Crippen LogP contribution in [-0.4, -0.2) is 20.0 Å². The van der Waals surface area contributed by atoms with Crippen molar-refractivity contribution in [2.45, 2.75) is 6.92 Å². The van der Waals surface area contributed by atoms with Gasteiger partial charge in [0.25, 0.3) is 0 Å². The van der Waals surface area contributed by atoms with Gasteiger partial charge >= 0.3 is 0 Å². The van der Waals surface area contributed by atoms with Crippen LogP contribution in [-0.2, 0) is 0 Å². The number of aromatic nitrogens is 4. The fourth-order valence-corrected chi connectivity index (χ4v) is 2.35. The van der Waals surface area contributed by atoms with Gasteiger partial charge in [-0.05, 0) is 31.2 Å². The third kappa shape index (κ3) is 1.90. The summed E-state index contributed by atoms with van der Waals surface area (Å²) in [7, 11) is 0. The highest BCUT2D eigenvalue weighted by molar-refractivity contribution is 5.91. The van der Waals surface area contributed by atoms with Crippen molar-refractivity contribution in [2.24, 2.45) is 0 Å². The first-order chi connectivity index (χ1) is 10.3. The number of hydrogen-bond donors (Lipinski definition) is 0. The minimum absolute atomic E-state index is 0.695. The number of hydrogen-bond acceptors (Lipinski definition) is 4. The normalized spacial score (nSPS) is 11.1. The van der Waals surface area contributed by atoms with E-state index in [0.29, 0.717) is 11.5 Å². The molecule has 102 valence electrons. The molecule has 0 aliphatic carbocycles. The molecule has 0 radical (unpaired) electrons. The molecule has 0 unspecified atom stereocenters. The molecule has 0 spiro atoms. The summed E-state index contributed by atoms with van der Waals surface area (Å²) in [5.74, 6) is 0.695. The van der Waals surface area contributed by atoms with E-state index in [9.17, 15) is 0 Å². The van der Waals surface area contributed by atoms with Crippen LogP contribution in [0, 0.1) is 6.92 Å². The highest BCUT2D eigenvalue weighted by atomic mass is 16.3. The molecule has 0 saturated heterocycles. The first-order valence-electron chi connectivity index (χ1n) is 6.65. The molecule has 0 atom stereocenters. The minimum atomic E-state index is 0.695. The lowest BCUT2D eigenvalue weighted by molar-refractivity contribution is 0.579. The van der Waals surface area contributed by atoms with Gasteiger partial charge in [-0.15, -0.1) is 5.10 Å². The van der Waals surface area contributed by atoms with Gasteiger partial charge in [0, 0.05) is 6.20 Å². The SMILES string of the molecule is Cc1nnc(-c2ccco2)c2cn(-c3ccccc3)nc12. The van der Waals surface area contributed by atoms with E-state index in [2.05, 4.69) is 15.3 Å². The molecule has 3 heterocycles. The summed E-state index contributed by atoms with van der Waals surface area (Å²) in [6, 6.07) is 13.7. The molecule has 4 rings (SSSR count). The number of benzene rings is 1. The van der Waals surface area contributed by atoms with Crippen molar-refractivity contribution in [2.75, 3.05) is 0 Å². The first kappa shape index (κ1) is 11.8. The van der Waals surface area contributed by atoms with Crippen LogP contribution in [0.15, 0.2) is 59.3 Å². The van der Waals surface area contributed by atoms with Crippen LogP contribution in [0.1, 0.15) is 5.69 Å². The van der Waals surface area contributed by atoms with Gasteiger partial charge in [-0.2, -0.15) is 10.2 Å². The highest BCUT2D eigenvalue weighted by Crippen LogP contribution is 2.27. The maximum absolute atomic E-state index is 5.44. The predicted octanol–water partition coefficient (Wildman–Crippen LogP) is 3.38. The second kappa shape index (κ2) is 4.56. The molecule has 4 aromatic rings. The van der Waals surface area contributed by atoms with E-state index in [0.717, 1.165) is 22.3 Å². The van der Waals surface area contributed by atoms with Crippen molar-refractivity contribution in [3.63, 3.8) is 0 Å². The highest BCUT2D eigenvalue weighted by Gasteiger charge is 2.15. The second-order valence-electron chi connectivity index (χ2n) is 4.78. The maximum Gasteiger partial charge on any atom is 0.154 e. The zero-order chi connectivity index (χ0) is 14.2. The van der Waals surface area contributed by atoms with Crippen molar-refractivity contribution in [3.8, 4) is 17.1 Å². The third-order valence-corrected chi connectivity index (χ3v) is 3.39. The van der Waals surface area contributed by atoms with Gasteiger partial charge in [0.1, 0.15) is 11.2 Å². The Hall–Kier alpha value is -2.95. The molecule has 0 aliphatic heterocycles. The van der Waals surface area contributed by atoms with Gasteiger partial charge in [-0.3, -0.25) is 0 Å². The Labute approximate surface area is 120 Å². The largest absolute Gasteiger partial charge is 0.463 e. The molecule has 0 aliphatic rings. The van der Waals surface area contributed by atoms with Crippen LogP contribution < -0.4 is 0 Å². The van der Waals surface area contributed by atoms with Crippen LogP contribution in [0.3, 0.4) is 0 Å². The average Bonchev–Trinajstić information content (AvgIpc) is 3.18. The number of rotatable bonds is 2. The molecule has 0 amide bonds. The Morgan fingerprint density at radius 3 is 2.62 bits per heavy atom. The summed E-state index contributed by atoms with van der Waals surface area (Å²) in [6.07, 6.45) is 3.59. The molecule has 1 aromatic carbocycles. The van der Waals surface area contributed by atoms with Crippen LogP contribution in [0.4, 0.5) is 0 Å². The molecule has 0 N–H and O–H groups in total. The monoisotopic (exact) mass is 276 g/mol. The fraction of sp³-hybridized carbons (Fsp3) is 0.0625. The number of para-hydroxylation sites is 1. The van der Waals surface area contributed by atoms with Gasteiger partial charge < -0.3 is 4.42 Å². The van der Waals surface area contributed by atoms with Crippen LogP contribution in [0.25, 0.3) is 28.0 Å². The third-order valence-electron chi connectivity index (χ3n) is 3.39. The summed E-state index contributed by atoms with van der Waals surface area (Å²) in [6.45, 7) is 1.91. The fourth-order valence-electron chi connectivity index (χ4n) is 2.35. The molecule has 3 aromatic heterocycles. The lowest BCUT2D eigenvalue weighted by Crippen LogP contribution is -1.94. The lowest BCUT2D eigenvalue weighted by Gasteiger charge is -1.98. The molecule has 0 fully saturated rings. The molecule has 0 saturated carbocycles. The molecule has 5 nitrogen and oxygen atoms in total.